The second-order valence-electron chi connectivity index (χ2n) is 9.03. The van der Waals surface area contributed by atoms with Crippen molar-refractivity contribution in [3.8, 4) is 5.75 Å². The molecule has 0 radical (unpaired) electrons. The molecule has 9 heteroatoms. The van der Waals surface area contributed by atoms with Gasteiger partial charge < -0.3 is 10.1 Å². The number of nitrogens with zero attached hydrogens (tertiary/aromatic N) is 4. The smallest absolute Gasteiger partial charge is 0.249 e. The molecule has 5 rings (SSSR count). The highest BCUT2D eigenvalue weighted by atomic mass is 19.1. The lowest BCUT2D eigenvalue weighted by Crippen LogP contribution is -2.45. The van der Waals surface area contributed by atoms with Crippen molar-refractivity contribution in [2.45, 2.75) is 26.1 Å². The first kappa shape index (κ1) is 26.6. The molecule has 0 aliphatic heterocycles. The van der Waals surface area contributed by atoms with Crippen LogP contribution in [0, 0.1) is 5.82 Å². The highest BCUT2D eigenvalue weighted by molar-refractivity contribution is 6.02. The minimum absolute atomic E-state index is 0.0520. The van der Waals surface area contributed by atoms with Crippen molar-refractivity contribution in [2.24, 2.45) is 0 Å². The Hall–Kier alpha value is -5.05. The van der Waals surface area contributed by atoms with Crippen molar-refractivity contribution in [3.05, 3.63) is 120 Å². The standard InChI is InChI=1S/C31H28FN5O3/c1-2-40-28-19-11-10-18-27(28)37(29(38)21-36-26-17-9-8-16-25(26)34-35-36)30(23-14-6-7-15-24(23)32)31(39)33-20-22-12-4-3-5-13-22/h3-19,30H,2,20-21H2,1H3,(H,33,39)/t30-/m1/s1. The lowest BCUT2D eigenvalue weighted by atomic mass is 10.0. The fourth-order valence-electron chi connectivity index (χ4n) is 4.57. The predicted octanol–water partition coefficient (Wildman–Crippen LogP) is 5.06. The first-order valence-electron chi connectivity index (χ1n) is 12.9. The summed E-state index contributed by atoms with van der Waals surface area (Å²) in [4.78, 5) is 29.4. The van der Waals surface area contributed by atoms with Crippen LogP contribution in [0.3, 0.4) is 0 Å². The molecule has 1 aromatic heterocycles. The Kier molecular flexibility index (Phi) is 8.10. The number of benzene rings is 4. The lowest BCUT2D eigenvalue weighted by molar-refractivity contribution is -0.127. The van der Waals surface area contributed by atoms with Gasteiger partial charge in [-0.15, -0.1) is 5.10 Å². The van der Waals surface area contributed by atoms with E-state index in [4.69, 9.17) is 4.74 Å². The van der Waals surface area contributed by atoms with Gasteiger partial charge in [-0.2, -0.15) is 0 Å². The second kappa shape index (κ2) is 12.2. The van der Waals surface area contributed by atoms with Crippen LogP contribution < -0.4 is 15.0 Å². The van der Waals surface area contributed by atoms with Gasteiger partial charge in [0.15, 0.2) is 0 Å². The SMILES string of the molecule is CCOc1ccccc1N(C(=O)Cn1nnc2ccccc21)[C@@H](C(=O)NCc1ccccc1)c1ccccc1F. The van der Waals surface area contributed by atoms with Crippen LogP contribution in [0.4, 0.5) is 10.1 Å². The topological polar surface area (TPSA) is 89.3 Å². The summed E-state index contributed by atoms with van der Waals surface area (Å²) in [7, 11) is 0. The molecular formula is C31H28FN5O3. The summed E-state index contributed by atoms with van der Waals surface area (Å²) in [5, 5.41) is 11.2. The Labute approximate surface area is 231 Å². The Morgan fingerprint density at radius 1 is 0.925 bits per heavy atom. The van der Waals surface area contributed by atoms with E-state index in [1.165, 1.54) is 21.7 Å². The first-order chi connectivity index (χ1) is 19.6. The maximum absolute atomic E-state index is 15.4. The number of rotatable bonds is 10. The number of fused-ring (bicyclic) bond motifs is 1. The molecule has 0 saturated carbocycles. The van der Waals surface area contributed by atoms with Crippen LogP contribution in [-0.4, -0.2) is 33.4 Å². The van der Waals surface area contributed by atoms with Crippen LogP contribution in [-0.2, 0) is 22.7 Å². The van der Waals surface area contributed by atoms with E-state index < -0.39 is 23.7 Å². The summed E-state index contributed by atoms with van der Waals surface area (Å²) in [6.07, 6.45) is 0. The van der Waals surface area contributed by atoms with Crippen molar-refractivity contribution < 1.29 is 18.7 Å². The van der Waals surface area contributed by atoms with Gasteiger partial charge in [-0.05, 0) is 42.8 Å². The van der Waals surface area contributed by atoms with Gasteiger partial charge >= 0.3 is 0 Å². The molecule has 5 aromatic rings. The maximum atomic E-state index is 15.4. The number of ether oxygens (including phenoxy) is 1. The molecule has 1 N–H and O–H groups in total. The van der Waals surface area contributed by atoms with E-state index >= 15 is 4.39 Å². The van der Waals surface area contributed by atoms with Crippen LogP contribution in [0.5, 0.6) is 5.75 Å². The lowest BCUT2D eigenvalue weighted by Gasteiger charge is -2.32. The minimum Gasteiger partial charge on any atom is -0.492 e. The van der Waals surface area contributed by atoms with Crippen LogP contribution in [0.2, 0.25) is 0 Å². The number of anilines is 1. The Balaban J connectivity index is 1.60. The van der Waals surface area contributed by atoms with Crippen molar-refractivity contribution in [2.75, 3.05) is 11.5 Å². The predicted molar refractivity (Wildman–Crippen MR) is 150 cm³/mol. The zero-order chi connectivity index (χ0) is 27.9. The van der Waals surface area contributed by atoms with E-state index in [-0.39, 0.29) is 18.7 Å². The van der Waals surface area contributed by atoms with E-state index in [1.807, 2.05) is 55.5 Å². The average Bonchev–Trinajstić information content (AvgIpc) is 3.39. The van der Waals surface area contributed by atoms with Gasteiger partial charge in [0.25, 0.3) is 0 Å². The number of aromatic nitrogens is 3. The zero-order valence-corrected chi connectivity index (χ0v) is 21.9. The number of hydrogen-bond donors (Lipinski definition) is 1. The third-order valence-electron chi connectivity index (χ3n) is 6.41. The van der Waals surface area contributed by atoms with Crippen LogP contribution in [0.15, 0.2) is 103 Å². The second-order valence-corrected chi connectivity index (χ2v) is 9.03. The molecule has 0 saturated heterocycles. The molecule has 40 heavy (non-hydrogen) atoms. The molecule has 2 amide bonds. The van der Waals surface area contributed by atoms with E-state index in [1.54, 1.807) is 42.5 Å². The monoisotopic (exact) mass is 537 g/mol. The van der Waals surface area contributed by atoms with Crippen molar-refractivity contribution in [1.29, 1.82) is 0 Å². The van der Waals surface area contributed by atoms with Crippen molar-refractivity contribution in [3.63, 3.8) is 0 Å². The maximum Gasteiger partial charge on any atom is 0.249 e. The molecule has 0 bridgehead atoms. The fourth-order valence-corrected chi connectivity index (χ4v) is 4.57. The highest BCUT2D eigenvalue weighted by Crippen LogP contribution is 2.36. The third-order valence-corrected chi connectivity index (χ3v) is 6.41. The summed E-state index contributed by atoms with van der Waals surface area (Å²) in [6, 6.07) is 28.2. The molecule has 0 spiro atoms. The van der Waals surface area contributed by atoms with Gasteiger partial charge in [0.2, 0.25) is 11.8 Å². The largest absolute Gasteiger partial charge is 0.492 e. The molecule has 0 fully saturated rings. The fraction of sp³-hybridized carbons (Fsp3) is 0.161. The molecule has 0 unspecified atom stereocenters. The highest BCUT2D eigenvalue weighted by Gasteiger charge is 2.36. The number of halogens is 1. The quantitative estimate of drug-likeness (QED) is 0.269. The number of carbonyl (C=O) groups excluding carboxylic acids is 2. The van der Waals surface area contributed by atoms with E-state index in [0.717, 1.165) is 5.56 Å². The molecule has 1 atom stereocenters. The Morgan fingerprint density at radius 3 is 2.42 bits per heavy atom. The Bertz CT molecular complexity index is 1620. The summed E-state index contributed by atoms with van der Waals surface area (Å²) in [5.74, 6) is -1.26. The average molecular weight is 538 g/mol. The number of para-hydroxylation sites is 3. The van der Waals surface area contributed by atoms with Gasteiger partial charge in [0.05, 0.1) is 17.8 Å². The normalized spacial score (nSPS) is 11.7. The number of carbonyl (C=O) groups is 2. The number of amides is 2. The van der Waals surface area contributed by atoms with Gasteiger partial charge in [-0.25, -0.2) is 9.07 Å². The van der Waals surface area contributed by atoms with Crippen molar-refractivity contribution in [1.82, 2.24) is 20.3 Å². The minimum atomic E-state index is -1.34. The molecule has 0 aliphatic carbocycles. The molecule has 8 nitrogen and oxygen atoms in total. The molecule has 1 heterocycles. The number of hydrogen-bond acceptors (Lipinski definition) is 5. The van der Waals surface area contributed by atoms with E-state index in [0.29, 0.717) is 29.1 Å². The Morgan fingerprint density at radius 2 is 1.62 bits per heavy atom. The molecule has 202 valence electrons. The molecular weight excluding hydrogens is 509 g/mol. The zero-order valence-electron chi connectivity index (χ0n) is 21.9. The van der Waals surface area contributed by atoms with E-state index in [9.17, 15) is 9.59 Å². The summed E-state index contributed by atoms with van der Waals surface area (Å²) >= 11 is 0. The van der Waals surface area contributed by atoms with Crippen molar-refractivity contribution >= 4 is 28.5 Å². The van der Waals surface area contributed by atoms with Gasteiger partial charge in [-0.1, -0.05) is 78.0 Å². The number of nitrogens with one attached hydrogen (secondary N) is 1. The summed E-state index contributed by atoms with van der Waals surface area (Å²) in [6.45, 7) is 2.12. The first-order valence-corrected chi connectivity index (χ1v) is 12.9. The third kappa shape index (κ3) is 5.68. The summed E-state index contributed by atoms with van der Waals surface area (Å²) in [5.41, 5.74) is 2.54. The summed E-state index contributed by atoms with van der Waals surface area (Å²) < 4.78 is 22.7. The van der Waals surface area contributed by atoms with Gasteiger partial charge in [-0.3, -0.25) is 14.5 Å². The van der Waals surface area contributed by atoms with Crippen LogP contribution in [0.1, 0.15) is 24.1 Å². The van der Waals surface area contributed by atoms with Gasteiger partial charge in [0, 0.05) is 12.1 Å². The van der Waals surface area contributed by atoms with Crippen LogP contribution in [0.25, 0.3) is 11.0 Å². The molecule has 4 aromatic carbocycles. The van der Waals surface area contributed by atoms with Crippen LogP contribution >= 0.6 is 0 Å². The van der Waals surface area contributed by atoms with E-state index in [2.05, 4.69) is 15.6 Å². The van der Waals surface area contributed by atoms with Gasteiger partial charge in [0.1, 0.15) is 29.7 Å². The molecule has 0 aliphatic rings.